The second-order valence-corrected chi connectivity index (χ2v) is 3.64. The molecule has 2 heteroatoms. The average molecular weight is 155 g/mol. The van der Waals surface area contributed by atoms with E-state index in [1.807, 2.05) is 20.8 Å². The van der Waals surface area contributed by atoms with E-state index in [-0.39, 0.29) is 11.3 Å². The number of nitrogens with one attached hydrogen (secondary N) is 1. The smallest absolute Gasteiger partial charge is 0.150 e. The second kappa shape index (κ2) is 4.29. The predicted octanol–water partition coefficient (Wildman–Crippen LogP) is 1.52. The highest BCUT2D eigenvalue weighted by atomic mass is 16.1. The number of hydrogen-bond acceptors (Lipinski definition) is 2. The Labute approximate surface area is 68.7 Å². The summed E-state index contributed by atoms with van der Waals surface area (Å²) >= 11 is 0. The van der Waals surface area contributed by atoms with E-state index in [1.165, 1.54) is 0 Å². The molecule has 0 amide bonds. The van der Waals surface area contributed by atoms with Crippen LogP contribution in [0.25, 0.3) is 0 Å². The van der Waals surface area contributed by atoms with Gasteiger partial charge in [0.15, 0.2) is 0 Å². The summed E-state index contributed by atoms with van der Waals surface area (Å²) in [5.41, 5.74) is 0.0246. The summed E-state index contributed by atoms with van der Waals surface area (Å²) in [7, 11) is 0. The van der Waals surface area contributed by atoms with Crippen LogP contribution in [0.1, 0.15) is 27.2 Å². The van der Waals surface area contributed by atoms with E-state index in [0.717, 1.165) is 0 Å². The molecule has 0 radical (unpaired) electrons. The van der Waals surface area contributed by atoms with Gasteiger partial charge in [-0.15, -0.1) is 6.58 Å². The molecule has 11 heavy (non-hydrogen) atoms. The SMILES string of the molecule is C=CCC(=O)CNC(C)(C)C. The maximum Gasteiger partial charge on any atom is 0.150 e. The lowest BCUT2D eigenvalue weighted by Crippen LogP contribution is -2.39. The van der Waals surface area contributed by atoms with Crippen LogP contribution >= 0.6 is 0 Å². The first kappa shape index (κ1) is 10.4. The Balaban J connectivity index is 3.54. The first-order chi connectivity index (χ1) is 4.95. The van der Waals surface area contributed by atoms with Crippen molar-refractivity contribution in [2.75, 3.05) is 6.54 Å². The van der Waals surface area contributed by atoms with E-state index in [4.69, 9.17) is 0 Å². The van der Waals surface area contributed by atoms with Crippen LogP contribution in [0.4, 0.5) is 0 Å². The topological polar surface area (TPSA) is 29.1 Å². The maximum absolute atomic E-state index is 11.0. The van der Waals surface area contributed by atoms with Gasteiger partial charge in [-0.25, -0.2) is 0 Å². The Morgan fingerprint density at radius 1 is 1.55 bits per heavy atom. The Morgan fingerprint density at radius 3 is 2.45 bits per heavy atom. The fourth-order valence-electron chi connectivity index (χ4n) is 0.597. The van der Waals surface area contributed by atoms with Gasteiger partial charge in [-0.1, -0.05) is 6.08 Å². The molecule has 0 bridgehead atoms. The lowest BCUT2D eigenvalue weighted by Gasteiger charge is -2.19. The average Bonchev–Trinajstić information content (AvgIpc) is 1.83. The molecule has 0 aromatic carbocycles. The fraction of sp³-hybridized carbons (Fsp3) is 0.667. The van der Waals surface area contributed by atoms with Crippen molar-refractivity contribution in [3.05, 3.63) is 12.7 Å². The predicted molar refractivity (Wildman–Crippen MR) is 47.6 cm³/mol. The molecule has 0 spiro atoms. The molecule has 0 saturated carbocycles. The molecule has 0 heterocycles. The highest BCUT2D eigenvalue weighted by Crippen LogP contribution is 1.97. The molecule has 0 fully saturated rings. The molecule has 64 valence electrons. The van der Waals surface area contributed by atoms with Crippen LogP contribution in [-0.4, -0.2) is 17.9 Å². The van der Waals surface area contributed by atoms with Gasteiger partial charge in [0.1, 0.15) is 5.78 Å². The molecule has 0 unspecified atom stereocenters. The molecular weight excluding hydrogens is 138 g/mol. The van der Waals surface area contributed by atoms with Crippen molar-refractivity contribution >= 4 is 5.78 Å². The Morgan fingerprint density at radius 2 is 2.09 bits per heavy atom. The fourth-order valence-corrected chi connectivity index (χ4v) is 0.597. The van der Waals surface area contributed by atoms with Gasteiger partial charge in [0.25, 0.3) is 0 Å². The molecule has 0 aliphatic heterocycles. The minimum Gasteiger partial charge on any atom is -0.305 e. The number of allylic oxidation sites excluding steroid dienone is 1. The van der Waals surface area contributed by atoms with E-state index >= 15 is 0 Å². The van der Waals surface area contributed by atoms with Gasteiger partial charge in [-0.05, 0) is 20.8 Å². The minimum absolute atomic E-state index is 0.0246. The van der Waals surface area contributed by atoms with Crippen LogP contribution in [0.2, 0.25) is 0 Å². The molecule has 0 aromatic heterocycles. The lowest BCUT2D eigenvalue weighted by molar-refractivity contribution is -0.117. The normalized spacial score (nSPS) is 11.2. The van der Waals surface area contributed by atoms with Crippen molar-refractivity contribution in [1.29, 1.82) is 0 Å². The van der Waals surface area contributed by atoms with Crippen LogP contribution < -0.4 is 5.32 Å². The zero-order chi connectivity index (χ0) is 8.91. The van der Waals surface area contributed by atoms with Crippen molar-refractivity contribution in [3.63, 3.8) is 0 Å². The van der Waals surface area contributed by atoms with E-state index in [9.17, 15) is 4.79 Å². The summed E-state index contributed by atoms with van der Waals surface area (Å²) in [5.74, 6) is 0.190. The molecular formula is C9H17NO. The Bertz CT molecular complexity index is 144. The molecule has 0 aliphatic carbocycles. The van der Waals surface area contributed by atoms with Gasteiger partial charge in [0.2, 0.25) is 0 Å². The number of carbonyl (C=O) groups excluding carboxylic acids is 1. The first-order valence-corrected chi connectivity index (χ1v) is 3.83. The highest BCUT2D eigenvalue weighted by Gasteiger charge is 2.09. The van der Waals surface area contributed by atoms with Gasteiger partial charge < -0.3 is 5.32 Å². The second-order valence-electron chi connectivity index (χ2n) is 3.64. The van der Waals surface area contributed by atoms with Crippen molar-refractivity contribution < 1.29 is 4.79 Å². The van der Waals surface area contributed by atoms with E-state index < -0.39 is 0 Å². The standard InChI is InChI=1S/C9H17NO/c1-5-6-8(11)7-10-9(2,3)4/h5,10H,1,6-7H2,2-4H3. The zero-order valence-corrected chi connectivity index (χ0v) is 7.61. The Kier molecular flexibility index (Phi) is 4.04. The number of ketones is 1. The summed E-state index contributed by atoms with van der Waals surface area (Å²) in [6.45, 7) is 10.0. The van der Waals surface area contributed by atoms with Gasteiger partial charge >= 0.3 is 0 Å². The van der Waals surface area contributed by atoms with Crippen LogP contribution in [-0.2, 0) is 4.79 Å². The van der Waals surface area contributed by atoms with Crippen LogP contribution in [0.15, 0.2) is 12.7 Å². The van der Waals surface area contributed by atoms with Crippen LogP contribution in [0, 0.1) is 0 Å². The third-order valence-electron chi connectivity index (χ3n) is 1.19. The molecule has 0 rings (SSSR count). The summed E-state index contributed by atoms with van der Waals surface area (Å²) in [6, 6.07) is 0. The third kappa shape index (κ3) is 7.26. The third-order valence-corrected chi connectivity index (χ3v) is 1.19. The zero-order valence-electron chi connectivity index (χ0n) is 7.61. The first-order valence-electron chi connectivity index (χ1n) is 3.83. The van der Waals surface area contributed by atoms with Gasteiger partial charge in [-0.3, -0.25) is 4.79 Å². The summed E-state index contributed by atoms with van der Waals surface area (Å²) < 4.78 is 0. The number of carbonyl (C=O) groups is 1. The van der Waals surface area contributed by atoms with Crippen LogP contribution in [0.3, 0.4) is 0 Å². The maximum atomic E-state index is 11.0. The van der Waals surface area contributed by atoms with Crippen molar-refractivity contribution in [3.8, 4) is 0 Å². The summed E-state index contributed by atoms with van der Waals surface area (Å²) in [5, 5.41) is 3.11. The molecule has 0 atom stereocenters. The molecule has 0 aliphatic rings. The molecule has 0 aromatic rings. The number of hydrogen-bond donors (Lipinski definition) is 1. The van der Waals surface area contributed by atoms with Gasteiger partial charge in [0.05, 0.1) is 6.54 Å². The van der Waals surface area contributed by atoms with E-state index in [1.54, 1.807) is 6.08 Å². The molecule has 1 N–H and O–H groups in total. The lowest BCUT2D eigenvalue weighted by atomic mass is 10.1. The Hall–Kier alpha value is -0.630. The van der Waals surface area contributed by atoms with Gasteiger partial charge in [0, 0.05) is 12.0 Å². The van der Waals surface area contributed by atoms with Crippen LogP contribution in [0.5, 0.6) is 0 Å². The minimum atomic E-state index is 0.0246. The van der Waals surface area contributed by atoms with Crippen molar-refractivity contribution in [2.45, 2.75) is 32.7 Å². The van der Waals surface area contributed by atoms with Gasteiger partial charge in [-0.2, -0.15) is 0 Å². The van der Waals surface area contributed by atoms with E-state index in [0.29, 0.717) is 13.0 Å². The summed E-state index contributed by atoms with van der Waals surface area (Å²) in [4.78, 5) is 11.0. The molecule has 0 saturated heterocycles. The van der Waals surface area contributed by atoms with E-state index in [2.05, 4.69) is 11.9 Å². The van der Waals surface area contributed by atoms with Crippen molar-refractivity contribution in [2.24, 2.45) is 0 Å². The van der Waals surface area contributed by atoms with Crippen molar-refractivity contribution in [1.82, 2.24) is 5.32 Å². The largest absolute Gasteiger partial charge is 0.305 e. The quantitative estimate of drug-likeness (QED) is 0.624. The highest BCUT2D eigenvalue weighted by molar-refractivity contribution is 5.81. The summed E-state index contributed by atoms with van der Waals surface area (Å²) in [6.07, 6.45) is 2.09. The monoisotopic (exact) mass is 155 g/mol. The molecule has 2 nitrogen and oxygen atoms in total. The number of Topliss-reactive ketones (excluding diaryl/α,β-unsaturated/α-hetero) is 1. The number of rotatable bonds is 4.